The summed E-state index contributed by atoms with van der Waals surface area (Å²) >= 11 is 1.69. The van der Waals surface area contributed by atoms with Crippen molar-refractivity contribution < 1.29 is 0 Å². The van der Waals surface area contributed by atoms with Gasteiger partial charge in [-0.25, -0.2) is 4.98 Å². The molecule has 3 heteroatoms. The predicted molar refractivity (Wildman–Crippen MR) is 69.8 cm³/mol. The van der Waals surface area contributed by atoms with Crippen molar-refractivity contribution in [1.29, 1.82) is 0 Å². The van der Waals surface area contributed by atoms with Crippen LogP contribution in [0.1, 0.15) is 16.1 Å². The van der Waals surface area contributed by atoms with Crippen molar-refractivity contribution in [1.82, 2.24) is 4.98 Å². The second-order valence-corrected chi connectivity index (χ2v) is 4.98. The van der Waals surface area contributed by atoms with Crippen molar-refractivity contribution in [2.75, 3.05) is 6.54 Å². The zero-order valence-electron chi connectivity index (χ0n) is 9.66. The number of rotatable bonds is 3. The maximum atomic E-state index is 5.52. The van der Waals surface area contributed by atoms with Crippen LogP contribution in [0.25, 0.3) is 11.3 Å². The van der Waals surface area contributed by atoms with Crippen molar-refractivity contribution in [2.45, 2.75) is 20.3 Å². The SMILES string of the molecule is Cc1cc(C)cc(-c2csc(CCN)n2)c1. The molecular weight excluding hydrogens is 216 g/mol. The molecule has 0 saturated heterocycles. The van der Waals surface area contributed by atoms with Crippen LogP contribution in [0, 0.1) is 13.8 Å². The number of hydrogen-bond acceptors (Lipinski definition) is 3. The molecule has 2 aromatic rings. The summed E-state index contributed by atoms with van der Waals surface area (Å²) in [4.78, 5) is 4.59. The predicted octanol–water partition coefficient (Wildman–Crippen LogP) is 2.93. The molecule has 2 nitrogen and oxygen atoms in total. The second-order valence-electron chi connectivity index (χ2n) is 4.04. The van der Waals surface area contributed by atoms with Gasteiger partial charge in [-0.3, -0.25) is 0 Å². The van der Waals surface area contributed by atoms with Gasteiger partial charge < -0.3 is 5.73 Å². The molecule has 0 radical (unpaired) electrons. The Bertz CT molecular complexity index is 468. The average Bonchev–Trinajstić information content (AvgIpc) is 2.65. The molecule has 0 saturated carbocycles. The van der Waals surface area contributed by atoms with Gasteiger partial charge in [0.1, 0.15) is 0 Å². The molecule has 0 atom stereocenters. The summed E-state index contributed by atoms with van der Waals surface area (Å²) in [6.07, 6.45) is 0.871. The van der Waals surface area contributed by atoms with Gasteiger partial charge in [-0.1, -0.05) is 17.2 Å². The molecular formula is C13H16N2S. The first-order valence-electron chi connectivity index (χ1n) is 5.42. The zero-order valence-corrected chi connectivity index (χ0v) is 10.5. The standard InChI is InChI=1S/C13H16N2S/c1-9-5-10(2)7-11(6-9)12-8-16-13(15-12)3-4-14/h5-8H,3-4,14H2,1-2H3. The lowest BCUT2D eigenvalue weighted by Gasteiger charge is -2.01. The van der Waals surface area contributed by atoms with E-state index >= 15 is 0 Å². The number of thiazole rings is 1. The Morgan fingerprint density at radius 3 is 2.50 bits per heavy atom. The lowest BCUT2D eigenvalue weighted by atomic mass is 10.1. The van der Waals surface area contributed by atoms with Crippen LogP contribution < -0.4 is 5.73 Å². The molecule has 0 aliphatic rings. The first kappa shape index (κ1) is 11.3. The van der Waals surface area contributed by atoms with Gasteiger partial charge in [0.2, 0.25) is 0 Å². The summed E-state index contributed by atoms with van der Waals surface area (Å²) in [7, 11) is 0. The van der Waals surface area contributed by atoms with Crippen molar-refractivity contribution in [3.05, 3.63) is 39.7 Å². The first-order chi connectivity index (χ1) is 7.69. The molecule has 0 fully saturated rings. The Kier molecular flexibility index (Phi) is 3.36. The fourth-order valence-corrected chi connectivity index (χ4v) is 2.63. The molecule has 2 rings (SSSR count). The van der Waals surface area contributed by atoms with Crippen molar-refractivity contribution in [3.8, 4) is 11.3 Å². The number of aromatic nitrogens is 1. The molecule has 0 aliphatic carbocycles. The third kappa shape index (κ3) is 2.49. The normalized spacial score (nSPS) is 10.7. The van der Waals surface area contributed by atoms with Gasteiger partial charge in [-0.2, -0.15) is 0 Å². The molecule has 1 aromatic heterocycles. The fraction of sp³-hybridized carbons (Fsp3) is 0.308. The van der Waals surface area contributed by atoms with E-state index in [1.54, 1.807) is 11.3 Å². The van der Waals surface area contributed by atoms with Crippen molar-refractivity contribution >= 4 is 11.3 Å². The van der Waals surface area contributed by atoms with Crippen LogP contribution in [0.3, 0.4) is 0 Å². The number of aryl methyl sites for hydroxylation is 2. The number of hydrogen-bond donors (Lipinski definition) is 1. The highest BCUT2D eigenvalue weighted by molar-refractivity contribution is 7.09. The van der Waals surface area contributed by atoms with Crippen LogP contribution in [0.4, 0.5) is 0 Å². The van der Waals surface area contributed by atoms with Crippen LogP contribution in [-0.2, 0) is 6.42 Å². The van der Waals surface area contributed by atoms with Gasteiger partial charge in [0.15, 0.2) is 0 Å². The summed E-state index contributed by atoms with van der Waals surface area (Å²) in [5, 5.41) is 3.23. The lowest BCUT2D eigenvalue weighted by Crippen LogP contribution is -2.01. The molecule has 0 aliphatic heterocycles. The zero-order chi connectivity index (χ0) is 11.5. The largest absolute Gasteiger partial charge is 0.330 e. The highest BCUT2D eigenvalue weighted by Crippen LogP contribution is 2.24. The molecule has 1 aromatic carbocycles. The van der Waals surface area contributed by atoms with E-state index in [2.05, 4.69) is 42.4 Å². The van der Waals surface area contributed by atoms with Gasteiger partial charge in [0.05, 0.1) is 10.7 Å². The van der Waals surface area contributed by atoms with Crippen molar-refractivity contribution in [2.24, 2.45) is 5.73 Å². The molecule has 0 bridgehead atoms. The quantitative estimate of drug-likeness (QED) is 0.883. The van der Waals surface area contributed by atoms with Gasteiger partial charge in [-0.05, 0) is 32.5 Å². The van der Waals surface area contributed by atoms with Gasteiger partial charge in [-0.15, -0.1) is 11.3 Å². The average molecular weight is 232 g/mol. The van der Waals surface area contributed by atoms with Crippen molar-refractivity contribution in [3.63, 3.8) is 0 Å². The minimum Gasteiger partial charge on any atom is -0.330 e. The van der Waals surface area contributed by atoms with E-state index in [1.165, 1.54) is 16.7 Å². The summed E-state index contributed by atoms with van der Waals surface area (Å²) in [6.45, 7) is 4.90. The fourth-order valence-electron chi connectivity index (χ4n) is 1.80. The second kappa shape index (κ2) is 4.76. The Hall–Kier alpha value is -1.19. The molecule has 0 unspecified atom stereocenters. The van der Waals surface area contributed by atoms with Gasteiger partial charge in [0.25, 0.3) is 0 Å². The van der Waals surface area contributed by atoms with Crippen LogP contribution in [0.15, 0.2) is 23.6 Å². The number of nitrogens with two attached hydrogens (primary N) is 1. The lowest BCUT2D eigenvalue weighted by molar-refractivity contribution is 0.954. The highest BCUT2D eigenvalue weighted by Gasteiger charge is 2.04. The Morgan fingerprint density at radius 2 is 1.88 bits per heavy atom. The molecule has 84 valence electrons. The minimum atomic E-state index is 0.666. The van der Waals surface area contributed by atoms with Crippen LogP contribution in [0.2, 0.25) is 0 Å². The smallest absolute Gasteiger partial charge is 0.0945 e. The van der Waals surface area contributed by atoms with Gasteiger partial charge >= 0.3 is 0 Å². The summed E-state index contributed by atoms with van der Waals surface area (Å²) < 4.78 is 0. The Morgan fingerprint density at radius 1 is 1.19 bits per heavy atom. The van der Waals surface area contributed by atoms with E-state index in [4.69, 9.17) is 5.73 Å². The maximum Gasteiger partial charge on any atom is 0.0945 e. The third-order valence-electron chi connectivity index (χ3n) is 2.43. The molecule has 16 heavy (non-hydrogen) atoms. The molecule has 0 amide bonds. The third-order valence-corrected chi connectivity index (χ3v) is 3.34. The first-order valence-corrected chi connectivity index (χ1v) is 6.30. The molecule has 1 heterocycles. The van der Waals surface area contributed by atoms with E-state index in [1.807, 2.05) is 0 Å². The van der Waals surface area contributed by atoms with E-state index in [0.29, 0.717) is 6.54 Å². The van der Waals surface area contributed by atoms with E-state index in [0.717, 1.165) is 17.1 Å². The minimum absolute atomic E-state index is 0.666. The van der Waals surface area contributed by atoms with E-state index in [9.17, 15) is 0 Å². The molecule has 2 N–H and O–H groups in total. The van der Waals surface area contributed by atoms with Gasteiger partial charge in [0, 0.05) is 17.4 Å². The Labute approximate surface area is 100 Å². The number of nitrogens with zero attached hydrogens (tertiary/aromatic N) is 1. The van der Waals surface area contributed by atoms with Crippen LogP contribution in [0.5, 0.6) is 0 Å². The van der Waals surface area contributed by atoms with Crippen LogP contribution >= 0.6 is 11.3 Å². The monoisotopic (exact) mass is 232 g/mol. The van der Waals surface area contributed by atoms with E-state index < -0.39 is 0 Å². The Balaban J connectivity index is 2.34. The summed E-state index contributed by atoms with van der Waals surface area (Å²) in [5.74, 6) is 0. The maximum absolute atomic E-state index is 5.52. The topological polar surface area (TPSA) is 38.9 Å². The van der Waals surface area contributed by atoms with Crippen LogP contribution in [-0.4, -0.2) is 11.5 Å². The highest BCUT2D eigenvalue weighted by atomic mass is 32.1. The summed E-state index contributed by atoms with van der Waals surface area (Å²) in [6, 6.07) is 6.53. The number of benzene rings is 1. The molecule has 0 spiro atoms. The summed E-state index contributed by atoms with van der Waals surface area (Å²) in [5.41, 5.74) is 10.4. The van der Waals surface area contributed by atoms with E-state index in [-0.39, 0.29) is 0 Å².